The standard InChI is InChI=1S/C12H11N3O3/c1-7-10(15-12(18)14-7)11(17)8-2-4-9(5-3-8)13-6-16/h2-6H,1H3,(H,13,16)(H2,14,15,18). The molecule has 0 fully saturated rings. The molecule has 0 atom stereocenters. The number of H-pyrrole nitrogens is 2. The number of anilines is 1. The van der Waals surface area contributed by atoms with Gasteiger partial charge in [0.25, 0.3) is 0 Å². The highest BCUT2D eigenvalue weighted by Gasteiger charge is 2.14. The molecular formula is C12H11N3O3. The van der Waals surface area contributed by atoms with Gasteiger partial charge in [0, 0.05) is 16.9 Å². The molecule has 0 aliphatic rings. The van der Waals surface area contributed by atoms with Gasteiger partial charge >= 0.3 is 5.69 Å². The lowest BCUT2D eigenvalue weighted by molar-refractivity contribution is -0.105. The molecule has 0 bridgehead atoms. The smallest absolute Gasteiger partial charge is 0.323 e. The van der Waals surface area contributed by atoms with Gasteiger partial charge in [-0.05, 0) is 31.2 Å². The zero-order valence-electron chi connectivity index (χ0n) is 9.61. The van der Waals surface area contributed by atoms with Crippen LogP contribution in [0.25, 0.3) is 0 Å². The van der Waals surface area contributed by atoms with Gasteiger partial charge in [-0.3, -0.25) is 9.59 Å². The Balaban J connectivity index is 2.31. The molecule has 0 unspecified atom stereocenters. The molecule has 0 aliphatic heterocycles. The van der Waals surface area contributed by atoms with Gasteiger partial charge in [-0.1, -0.05) is 0 Å². The van der Waals surface area contributed by atoms with Gasteiger partial charge in [0.05, 0.1) is 0 Å². The molecule has 6 nitrogen and oxygen atoms in total. The van der Waals surface area contributed by atoms with Crippen LogP contribution >= 0.6 is 0 Å². The lowest BCUT2D eigenvalue weighted by Crippen LogP contribution is -2.06. The van der Waals surface area contributed by atoms with Crippen LogP contribution in [0.2, 0.25) is 0 Å². The number of nitrogens with one attached hydrogen (secondary N) is 3. The third-order valence-corrected chi connectivity index (χ3v) is 2.51. The van der Waals surface area contributed by atoms with Crippen molar-refractivity contribution in [3.8, 4) is 0 Å². The average molecular weight is 245 g/mol. The van der Waals surface area contributed by atoms with E-state index in [2.05, 4.69) is 15.3 Å². The molecule has 1 aromatic carbocycles. The SMILES string of the molecule is Cc1[nH]c(=O)[nH]c1C(=O)c1ccc(NC=O)cc1. The molecule has 0 spiro atoms. The van der Waals surface area contributed by atoms with Gasteiger partial charge in [-0.15, -0.1) is 0 Å². The summed E-state index contributed by atoms with van der Waals surface area (Å²) < 4.78 is 0. The first-order valence-electron chi connectivity index (χ1n) is 5.25. The van der Waals surface area contributed by atoms with Crippen molar-refractivity contribution in [2.75, 3.05) is 5.32 Å². The van der Waals surface area contributed by atoms with Crippen molar-refractivity contribution in [1.82, 2.24) is 9.97 Å². The number of amides is 1. The van der Waals surface area contributed by atoms with Crippen LogP contribution in [0.3, 0.4) is 0 Å². The molecule has 1 heterocycles. The monoisotopic (exact) mass is 245 g/mol. The molecule has 3 N–H and O–H groups in total. The highest BCUT2D eigenvalue weighted by atomic mass is 16.1. The van der Waals surface area contributed by atoms with Gasteiger partial charge in [0.1, 0.15) is 5.69 Å². The summed E-state index contributed by atoms with van der Waals surface area (Å²) in [6.07, 6.45) is 0.560. The largest absolute Gasteiger partial charge is 0.329 e. The molecule has 1 aromatic heterocycles. The van der Waals surface area contributed by atoms with E-state index < -0.39 is 5.69 Å². The van der Waals surface area contributed by atoms with Crippen molar-refractivity contribution in [1.29, 1.82) is 0 Å². The zero-order valence-corrected chi connectivity index (χ0v) is 9.61. The first-order valence-corrected chi connectivity index (χ1v) is 5.25. The summed E-state index contributed by atoms with van der Waals surface area (Å²) >= 11 is 0. The van der Waals surface area contributed by atoms with Crippen LogP contribution in [0.4, 0.5) is 5.69 Å². The Labute approximate surface area is 102 Å². The maximum Gasteiger partial charge on any atom is 0.323 e. The molecule has 1 amide bonds. The number of carbonyl (C=O) groups is 2. The molecule has 92 valence electrons. The molecule has 0 radical (unpaired) electrons. The van der Waals surface area contributed by atoms with Crippen LogP contribution in [0.5, 0.6) is 0 Å². The molecular weight excluding hydrogens is 234 g/mol. The summed E-state index contributed by atoms with van der Waals surface area (Å²) in [6.45, 7) is 1.65. The fourth-order valence-corrected chi connectivity index (χ4v) is 1.63. The Hall–Kier alpha value is -2.63. The number of rotatable bonds is 4. The fraction of sp³-hybridized carbons (Fsp3) is 0.0833. The Bertz CT molecular complexity index is 637. The van der Waals surface area contributed by atoms with Crippen LogP contribution in [0.1, 0.15) is 21.7 Å². The number of imidazole rings is 1. The van der Waals surface area contributed by atoms with Gasteiger partial charge in [-0.2, -0.15) is 0 Å². The molecule has 6 heteroatoms. The molecule has 2 rings (SSSR count). The zero-order chi connectivity index (χ0) is 13.1. The first kappa shape index (κ1) is 11.8. The Kier molecular flexibility index (Phi) is 3.09. The predicted octanol–water partition coefficient (Wildman–Crippen LogP) is 0.811. The van der Waals surface area contributed by atoms with E-state index in [9.17, 15) is 14.4 Å². The van der Waals surface area contributed by atoms with E-state index in [-0.39, 0.29) is 11.5 Å². The van der Waals surface area contributed by atoms with Gasteiger partial charge in [0.15, 0.2) is 0 Å². The van der Waals surface area contributed by atoms with Crippen molar-refractivity contribution in [3.63, 3.8) is 0 Å². The van der Waals surface area contributed by atoms with Gasteiger partial charge in [-0.25, -0.2) is 4.79 Å². The van der Waals surface area contributed by atoms with E-state index >= 15 is 0 Å². The Morgan fingerprint density at radius 2 is 1.89 bits per heavy atom. The number of aromatic amines is 2. The fourth-order valence-electron chi connectivity index (χ4n) is 1.63. The quantitative estimate of drug-likeness (QED) is 0.549. The van der Waals surface area contributed by atoms with Gasteiger partial charge < -0.3 is 15.3 Å². The Morgan fingerprint density at radius 1 is 1.22 bits per heavy atom. The summed E-state index contributed by atoms with van der Waals surface area (Å²) in [6, 6.07) is 6.39. The second-order valence-electron chi connectivity index (χ2n) is 3.75. The number of carbonyl (C=O) groups excluding carboxylic acids is 2. The van der Waals surface area contributed by atoms with Crippen molar-refractivity contribution in [2.45, 2.75) is 6.92 Å². The molecule has 2 aromatic rings. The van der Waals surface area contributed by atoms with Crippen LogP contribution in [0.15, 0.2) is 29.1 Å². The molecule has 18 heavy (non-hydrogen) atoms. The Morgan fingerprint density at radius 3 is 2.39 bits per heavy atom. The molecule has 0 aliphatic carbocycles. The van der Waals surface area contributed by atoms with Crippen LogP contribution in [0, 0.1) is 6.92 Å². The van der Waals surface area contributed by atoms with Crippen molar-refractivity contribution >= 4 is 17.9 Å². The summed E-state index contributed by atoms with van der Waals surface area (Å²) in [5, 5.41) is 2.47. The van der Waals surface area contributed by atoms with E-state index in [1.54, 1.807) is 31.2 Å². The van der Waals surface area contributed by atoms with Crippen LogP contribution in [-0.2, 0) is 4.79 Å². The minimum absolute atomic E-state index is 0.246. The maximum absolute atomic E-state index is 12.1. The van der Waals surface area contributed by atoms with E-state index in [4.69, 9.17) is 0 Å². The first-order chi connectivity index (χ1) is 8.61. The highest BCUT2D eigenvalue weighted by molar-refractivity contribution is 6.08. The molecule has 0 saturated heterocycles. The lowest BCUT2D eigenvalue weighted by Gasteiger charge is -2.02. The van der Waals surface area contributed by atoms with Crippen molar-refractivity contribution in [2.24, 2.45) is 0 Å². The van der Waals surface area contributed by atoms with Crippen LogP contribution < -0.4 is 11.0 Å². The van der Waals surface area contributed by atoms with E-state index in [0.717, 1.165) is 0 Å². The number of hydrogen-bond donors (Lipinski definition) is 3. The normalized spacial score (nSPS) is 10.1. The summed E-state index contributed by atoms with van der Waals surface area (Å²) in [7, 11) is 0. The number of hydrogen-bond acceptors (Lipinski definition) is 3. The minimum atomic E-state index is -0.407. The topological polar surface area (TPSA) is 94.8 Å². The van der Waals surface area contributed by atoms with Crippen molar-refractivity contribution in [3.05, 3.63) is 51.7 Å². The summed E-state index contributed by atoms with van der Waals surface area (Å²) in [4.78, 5) is 38.3. The third kappa shape index (κ3) is 2.22. The minimum Gasteiger partial charge on any atom is -0.329 e. The number of aryl methyl sites for hydroxylation is 1. The lowest BCUT2D eigenvalue weighted by atomic mass is 10.1. The average Bonchev–Trinajstić information content (AvgIpc) is 2.69. The van der Waals surface area contributed by atoms with E-state index in [0.29, 0.717) is 23.4 Å². The highest BCUT2D eigenvalue weighted by Crippen LogP contribution is 2.13. The number of benzene rings is 1. The maximum atomic E-state index is 12.1. The second kappa shape index (κ2) is 4.70. The van der Waals surface area contributed by atoms with Gasteiger partial charge in [0.2, 0.25) is 12.2 Å². The second-order valence-corrected chi connectivity index (χ2v) is 3.75. The van der Waals surface area contributed by atoms with Crippen LogP contribution in [-0.4, -0.2) is 22.2 Å². The number of aromatic nitrogens is 2. The summed E-state index contributed by atoms with van der Waals surface area (Å²) in [5.74, 6) is -0.275. The third-order valence-electron chi connectivity index (χ3n) is 2.51. The summed E-state index contributed by atoms with van der Waals surface area (Å²) in [5.41, 5.74) is 1.37. The number of ketones is 1. The predicted molar refractivity (Wildman–Crippen MR) is 65.7 cm³/mol. The van der Waals surface area contributed by atoms with E-state index in [1.165, 1.54) is 0 Å². The molecule has 0 saturated carbocycles. The van der Waals surface area contributed by atoms with Crippen molar-refractivity contribution < 1.29 is 9.59 Å². The van der Waals surface area contributed by atoms with E-state index in [1.807, 2.05) is 0 Å².